The number of rotatable bonds is 3. The number of pyridine rings is 1. The number of carbonyl (C=O) groups is 2. The fourth-order valence-corrected chi connectivity index (χ4v) is 2.43. The number of nitro groups is 2. The van der Waals surface area contributed by atoms with Crippen molar-refractivity contribution in [3.63, 3.8) is 0 Å². The van der Waals surface area contributed by atoms with E-state index < -0.39 is 44.1 Å². The molecule has 1 aliphatic carbocycles. The third-order valence-corrected chi connectivity index (χ3v) is 3.55. The van der Waals surface area contributed by atoms with Crippen molar-refractivity contribution < 1.29 is 54.1 Å². The van der Waals surface area contributed by atoms with E-state index in [4.69, 9.17) is 0 Å². The Labute approximate surface area is 166 Å². The first-order valence-electron chi connectivity index (χ1n) is 6.73. The molecule has 1 aromatic heterocycles. The summed E-state index contributed by atoms with van der Waals surface area (Å²) < 4.78 is 0. The number of nitro benzene ring substituents is 1. The van der Waals surface area contributed by atoms with Crippen LogP contribution in [-0.4, -0.2) is 26.4 Å². The summed E-state index contributed by atoms with van der Waals surface area (Å²) >= 11 is 0. The summed E-state index contributed by atoms with van der Waals surface area (Å²) in [6.45, 7) is 0. The largest absolute Gasteiger partial charge is 1.00 e. The summed E-state index contributed by atoms with van der Waals surface area (Å²) in [7, 11) is 0. The van der Waals surface area contributed by atoms with Crippen molar-refractivity contribution in [3.8, 4) is 11.3 Å². The number of fused-ring (bicyclic) bond motifs is 1. The van der Waals surface area contributed by atoms with Gasteiger partial charge in [-0.1, -0.05) is 18.2 Å². The maximum absolute atomic E-state index is 12.1. The van der Waals surface area contributed by atoms with Crippen LogP contribution < -0.4 is 34.7 Å². The molecule has 1 aromatic carbocycles. The summed E-state index contributed by atoms with van der Waals surface area (Å²) in [5.41, 5.74) is -2.50. The van der Waals surface area contributed by atoms with Gasteiger partial charge >= 0.3 is 41.0 Å². The van der Waals surface area contributed by atoms with E-state index in [2.05, 4.69) is 4.98 Å². The van der Waals surface area contributed by atoms with Crippen LogP contribution >= 0.6 is 0 Å². The predicted molar refractivity (Wildman–Crippen MR) is 79.6 cm³/mol. The molecule has 0 spiro atoms. The summed E-state index contributed by atoms with van der Waals surface area (Å²) in [4.78, 5) is 47.8. The standard InChI is InChI=1S/C15H7N3O7.Na/c19-13-8-5-6-9(7-3-1-2-4-10(7)17(22)23)16-11(8)14(20)15(21)12(13)18(24)25;/h1-6,19H;/q;+1/p-1. The van der Waals surface area contributed by atoms with E-state index in [9.17, 15) is 34.9 Å². The van der Waals surface area contributed by atoms with Crippen molar-refractivity contribution in [3.05, 3.63) is 73.6 Å². The molecule has 0 unspecified atom stereocenters. The second-order valence-electron chi connectivity index (χ2n) is 4.96. The van der Waals surface area contributed by atoms with Crippen LogP contribution in [-0.2, 0) is 4.79 Å². The SMILES string of the molecule is O=C1C(=O)c2nc(-c3ccccc3[N+](=O)[O-])ccc2C([O-])=C1[N+](=O)[O-].[Na+]. The minimum absolute atomic E-state index is 0. The molecule has 0 amide bonds. The number of hydrogen-bond donors (Lipinski definition) is 0. The van der Waals surface area contributed by atoms with Gasteiger partial charge in [0.25, 0.3) is 11.5 Å². The first kappa shape index (κ1) is 19.4. The van der Waals surface area contributed by atoms with Gasteiger partial charge in [0.15, 0.2) is 0 Å². The van der Waals surface area contributed by atoms with Gasteiger partial charge in [0.1, 0.15) is 5.69 Å². The Balaban J connectivity index is 0.00000243. The van der Waals surface area contributed by atoms with Crippen molar-refractivity contribution in [2.24, 2.45) is 0 Å². The maximum Gasteiger partial charge on any atom is 1.00 e. The molecule has 10 nitrogen and oxygen atoms in total. The molecule has 0 atom stereocenters. The van der Waals surface area contributed by atoms with Gasteiger partial charge in [0.2, 0.25) is 0 Å². The van der Waals surface area contributed by atoms with E-state index in [1.54, 1.807) is 0 Å². The van der Waals surface area contributed by atoms with Crippen LogP contribution in [0, 0.1) is 20.2 Å². The second-order valence-corrected chi connectivity index (χ2v) is 4.96. The molecule has 11 heteroatoms. The third kappa shape index (κ3) is 3.01. The molecule has 0 fully saturated rings. The molecule has 0 saturated carbocycles. The van der Waals surface area contributed by atoms with Crippen molar-refractivity contribution in [2.45, 2.75) is 0 Å². The molecular formula is C15H6N3NaO7. The monoisotopic (exact) mass is 363 g/mol. The van der Waals surface area contributed by atoms with Crippen molar-refractivity contribution in [2.75, 3.05) is 0 Å². The molecule has 2 aromatic rings. The molecule has 0 radical (unpaired) electrons. The number of aromatic nitrogens is 1. The number of allylic oxidation sites excluding steroid dienone is 1. The molecule has 0 aliphatic heterocycles. The number of nitrogens with zero attached hydrogens (tertiary/aromatic N) is 3. The average molecular weight is 363 g/mol. The third-order valence-electron chi connectivity index (χ3n) is 3.55. The van der Waals surface area contributed by atoms with Gasteiger partial charge in [0.05, 0.1) is 21.1 Å². The van der Waals surface area contributed by atoms with E-state index in [-0.39, 0.29) is 46.5 Å². The van der Waals surface area contributed by atoms with Crippen LogP contribution in [0.5, 0.6) is 0 Å². The molecule has 1 aliphatic rings. The normalized spacial score (nSPS) is 13.1. The zero-order chi connectivity index (χ0) is 18.3. The molecule has 0 bridgehead atoms. The fraction of sp³-hybridized carbons (Fsp3) is 0. The average Bonchev–Trinajstić information content (AvgIpc) is 2.59. The van der Waals surface area contributed by atoms with Crippen LogP contribution in [0.3, 0.4) is 0 Å². The Hall–Kier alpha value is -2.95. The Morgan fingerprint density at radius 2 is 1.50 bits per heavy atom. The Kier molecular flexibility index (Phi) is 5.30. The van der Waals surface area contributed by atoms with E-state index >= 15 is 0 Å². The molecule has 1 heterocycles. The van der Waals surface area contributed by atoms with Crippen LogP contribution in [0.4, 0.5) is 5.69 Å². The number of benzene rings is 1. The quantitative estimate of drug-likeness (QED) is 0.256. The number of para-hydroxylation sites is 1. The van der Waals surface area contributed by atoms with E-state index in [1.165, 1.54) is 30.3 Å². The smallest absolute Gasteiger partial charge is 0.867 e. The zero-order valence-corrected chi connectivity index (χ0v) is 15.2. The predicted octanol–water partition coefficient (Wildman–Crippen LogP) is -2.27. The first-order valence-corrected chi connectivity index (χ1v) is 6.73. The fourth-order valence-electron chi connectivity index (χ4n) is 2.43. The van der Waals surface area contributed by atoms with Crippen molar-refractivity contribution >= 4 is 23.0 Å². The molecular weight excluding hydrogens is 357 g/mol. The minimum atomic E-state index is -1.56. The van der Waals surface area contributed by atoms with E-state index in [0.717, 1.165) is 6.07 Å². The summed E-state index contributed by atoms with van der Waals surface area (Å²) in [5, 5.41) is 33.9. The Bertz CT molecular complexity index is 1020. The molecule has 3 rings (SSSR count). The van der Waals surface area contributed by atoms with Crippen LogP contribution in [0.2, 0.25) is 0 Å². The Morgan fingerprint density at radius 3 is 2.12 bits per heavy atom. The van der Waals surface area contributed by atoms with Gasteiger partial charge < -0.3 is 5.11 Å². The van der Waals surface area contributed by atoms with Gasteiger partial charge in [0, 0.05) is 11.6 Å². The first-order chi connectivity index (χ1) is 11.8. The minimum Gasteiger partial charge on any atom is -0.867 e. The number of carbonyl (C=O) groups excluding carboxylic acids is 2. The Morgan fingerprint density at radius 1 is 0.846 bits per heavy atom. The van der Waals surface area contributed by atoms with Crippen molar-refractivity contribution in [1.82, 2.24) is 4.98 Å². The molecule has 124 valence electrons. The topological polar surface area (TPSA) is 156 Å². The van der Waals surface area contributed by atoms with Crippen LogP contribution in [0.25, 0.3) is 17.0 Å². The summed E-state index contributed by atoms with van der Waals surface area (Å²) in [6.07, 6.45) is 0. The van der Waals surface area contributed by atoms with Gasteiger partial charge in [-0.2, -0.15) is 0 Å². The summed E-state index contributed by atoms with van der Waals surface area (Å²) in [5.74, 6) is -4.08. The van der Waals surface area contributed by atoms with Gasteiger partial charge in [-0.15, -0.1) is 0 Å². The molecule has 0 N–H and O–H groups in total. The number of Topliss-reactive ketones (excluding diaryl/α,β-unsaturated/α-hetero) is 2. The van der Waals surface area contributed by atoms with Gasteiger partial charge in [-0.25, -0.2) is 4.98 Å². The van der Waals surface area contributed by atoms with Crippen LogP contribution in [0.15, 0.2) is 42.1 Å². The summed E-state index contributed by atoms with van der Waals surface area (Å²) in [6, 6.07) is 7.88. The number of hydrogen-bond acceptors (Lipinski definition) is 8. The molecule has 0 saturated heterocycles. The van der Waals surface area contributed by atoms with Gasteiger partial charge in [-0.3, -0.25) is 29.8 Å². The second kappa shape index (κ2) is 7.12. The number of ketones is 2. The molecule has 26 heavy (non-hydrogen) atoms. The van der Waals surface area contributed by atoms with Crippen molar-refractivity contribution in [1.29, 1.82) is 0 Å². The zero-order valence-electron chi connectivity index (χ0n) is 13.2. The van der Waals surface area contributed by atoms with E-state index in [0.29, 0.717) is 0 Å². The van der Waals surface area contributed by atoms with Gasteiger partial charge in [-0.05, 0) is 17.9 Å². The maximum atomic E-state index is 12.1. The van der Waals surface area contributed by atoms with Crippen LogP contribution in [0.1, 0.15) is 16.1 Å². The van der Waals surface area contributed by atoms with E-state index in [1.807, 2.05) is 0 Å².